The minimum atomic E-state index is -0.523. The van der Waals surface area contributed by atoms with E-state index in [4.69, 9.17) is 17.3 Å². The first kappa shape index (κ1) is 10.1. The zero-order chi connectivity index (χ0) is 10.0. The van der Waals surface area contributed by atoms with Crippen LogP contribution in [0.3, 0.4) is 0 Å². The molecule has 0 aliphatic heterocycles. The Morgan fingerprint density at radius 1 is 1.54 bits per heavy atom. The molecule has 0 spiro atoms. The van der Waals surface area contributed by atoms with Gasteiger partial charge in [0.1, 0.15) is 0 Å². The Bertz CT molecular complexity index is 334. The lowest BCUT2D eigenvalue weighted by Gasteiger charge is -2.06. The summed E-state index contributed by atoms with van der Waals surface area (Å²) in [4.78, 5) is 11.5. The average molecular weight is 198 g/mol. The Labute approximate surface area is 82.7 Å². The highest BCUT2D eigenvalue weighted by Crippen LogP contribution is 2.17. The molecule has 2 nitrogen and oxygen atoms in total. The third-order valence-electron chi connectivity index (χ3n) is 1.83. The molecule has 1 unspecified atom stereocenters. The van der Waals surface area contributed by atoms with Gasteiger partial charge in [-0.2, -0.15) is 0 Å². The highest BCUT2D eigenvalue weighted by atomic mass is 35.5. The van der Waals surface area contributed by atoms with E-state index in [-0.39, 0.29) is 5.78 Å². The molecule has 2 N–H and O–H groups in total. The van der Waals surface area contributed by atoms with Crippen LogP contribution in [0.4, 0.5) is 5.69 Å². The Balaban J connectivity index is 3.09. The van der Waals surface area contributed by atoms with E-state index in [1.807, 2.05) is 13.0 Å². The number of nitrogens with two attached hydrogens (primary N) is 1. The molecule has 0 bridgehead atoms. The number of aryl methyl sites for hydroxylation is 1. The summed E-state index contributed by atoms with van der Waals surface area (Å²) < 4.78 is 0. The van der Waals surface area contributed by atoms with Crippen LogP contribution in [0, 0.1) is 6.92 Å². The summed E-state index contributed by atoms with van der Waals surface area (Å²) in [5.41, 5.74) is 7.72. The number of carbonyl (C=O) groups is 1. The highest BCUT2D eigenvalue weighted by molar-refractivity contribution is 6.34. The van der Waals surface area contributed by atoms with E-state index >= 15 is 0 Å². The van der Waals surface area contributed by atoms with Crippen molar-refractivity contribution < 1.29 is 4.79 Å². The summed E-state index contributed by atoms with van der Waals surface area (Å²) in [5, 5.41) is -0.523. The van der Waals surface area contributed by atoms with Crippen LogP contribution in [-0.4, -0.2) is 11.2 Å². The van der Waals surface area contributed by atoms with E-state index in [2.05, 4.69) is 0 Å². The lowest BCUT2D eigenvalue weighted by molar-refractivity contribution is 0.0992. The molecule has 70 valence electrons. The third-order valence-corrected chi connectivity index (χ3v) is 2.03. The normalized spacial score (nSPS) is 12.5. The van der Waals surface area contributed by atoms with Crippen LogP contribution < -0.4 is 5.73 Å². The van der Waals surface area contributed by atoms with Gasteiger partial charge in [0.25, 0.3) is 0 Å². The fourth-order valence-electron chi connectivity index (χ4n) is 1.12. The molecular weight excluding hydrogens is 186 g/mol. The van der Waals surface area contributed by atoms with Crippen LogP contribution in [0.5, 0.6) is 0 Å². The van der Waals surface area contributed by atoms with Gasteiger partial charge < -0.3 is 5.73 Å². The summed E-state index contributed by atoms with van der Waals surface area (Å²) in [5.74, 6) is -0.126. The van der Waals surface area contributed by atoms with Gasteiger partial charge in [-0.1, -0.05) is 6.07 Å². The zero-order valence-electron chi connectivity index (χ0n) is 7.67. The van der Waals surface area contributed by atoms with E-state index < -0.39 is 5.38 Å². The van der Waals surface area contributed by atoms with Crippen molar-refractivity contribution in [2.24, 2.45) is 0 Å². The summed E-state index contributed by atoms with van der Waals surface area (Å²) in [6, 6.07) is 5.33. The second-order valence-electron chi connectivity index (χ2n) is 3.07. The molecule has 0 aliphatic rings. The molecule has 3 heteroatoms. The molecule has 0 saturated heterocycles. The van der Waals surface area contributed by atoms with E-state index in [1.54, 1.807) is 19.1 Å². The Hall–Kier alpha value is -1.02. The number of Topliss-reactive ketones (excluding diaryl/α,β-unsaturated/α-hetero) is 1. The van der Waals surface area contributed by atoms with Gasteiger partial charge in [-0.15, -0.1) is 11.6 Å². The predicted molar refractivity (Wildman–Crippen MR) is 55.2 cm³/mol. The van der Waals surface area contributed by atoms with Crippen molar-refractivity contribution in [3.63, 3.8) is 0 Å². The lowest BCUT2D eigenvalue weighted by Crippen LogP contribution is -2.12. The number of nitrogen functional groups attached to an aromatic ring is 1. The molecule has 0 aromatic heterocycles. The number of anilines is 1. The lowest BCUT2D eigenvalue weighted by atomic mass is 10.0. The molecule has 0 heterocycles. The second kappa shape index (κ2) is 3.79. The number of halogens is 1. The maximum absolute atomic E-state index is 11.5. The standard InChI is InChI=1S/C10H12ClNO/c1-6-3-4-8(9(12)5-6)10(13)7(2)11/h3-5,7H,12H2,1-2H3. The van der Waals surface area contributed by atoms with Gasteiger partial charge in [0.15, 0.2) is 5.78 Å². The SMILES string of the molecule is Cc1ccc(C(=O)C(C)Cl)c(N)c1. The van der Waals surface area contributed by atoms with Gasteiger partial charge in [-0.3, -0.25) is 4.79 Å². The van der Waals surface area contributed by atoms with E-state index in [0.29, 0.717) is 11.3 Å². The molecule has 1 aromatic carbocycles. The summed E-state index contributed by atoms with van der Waals surface area (Å²) in [6.45, 7) is 3.57. The summed E-state index contributed by atoms with van der Waals surface area (Å²) >= 11 is 5.67. The number of rotatable bonds is 2. The average Bonchev–Trinajstić information content (AvgIpc) is 2.03. The Kier molecular flexibility index (Phi) is 2.94. The number of alkyl halides is 1. The predicted octanol–water partition coefficient (Wildman–Crippen LogP) is 2.39. The first-order valence-electron chi connectivity index (χ1n) is 4.07. The topological polar surface area (TPSA) is 43.1 Å². The fraction of sp³-hybridized carbons (Fsp3) is 0.300. The molecule has 1 aromatic rings. The van der Waals surface area contributed by atoms with Crippen molar-refractivity contribution in [1.29, 1.82) is 0 Å². The van der Waals surface area contributed by atoms with Gasteiger partial charge in [0, 0.05) is 11.3 Å². The maximum Gasteiger partial charge on any atom is 0.182 e. The van der Waals surface area contributed by atoms with Gasteiger partial charge >= 0.3 is 0 Å². The molecule has 0 fully saturated rings. The first-order chi connectivity index (χ1) is 6.02. The number of ketones is 1. The van der Waals surface area contributed by atoms with Crippen molar-refractivity contribution >= 4 is 23.1 Å². The zero-order valence-corrected chi connectivity index (χ0v) is 8.43. The highest BCUT2D eigenvalue weighted by Gasteiger charge is 2.14. The van der Waals surface area contributed by atoms with Crippen LogP contribution in [-0.2, 0) is 0 Å². The number of hydrogen-bond donors (Lipinski definition) is 1. The molecule has 0 aliphatic carbocycles. The van der Waals surface area contributed by atoms with Crippen LogP contribution in [0.2, 0.25) is 0 Å². The number of benzene rings is 1. The molecule has 0 amide bonds. The van der Waals surface area contributed by atoms with E-state index in [0.717, 1.165) is 5.56 Å². The Morgan fingerprint density at radius 2 is 2.15 bits per heavy atom. The number of hydrogen-bond acceptors (Lipinski definition) is 2. The van der Waals surface area contributed by atoms with Crippen molar-refractivity contribution in [2.45, 2.75) is 19.2 Å². The minimum Gasteiger partial charge on any atom is -0.398 e. The van der Waals surface area contributed by atoms with Gasteiger partial charge in [0.05, 0.1) is 5.38 Å². The van der Waals surface area contributed by atoms with Crippen LogP contribution in [0.25, 0.3) is 0 Å². The van der Waals surface area contributed by atoms with Crippen LogP contribution in [0.15, 0.2) is 18.2 Å². The largest absolute Gasteiger partial charge is 0.398 e. The van der Waals surface area contributed by atoms with Crippen LogP contribution in [0.1, 0.15) is 22.8 Å². The van der Waals surface area contributed by atoms with E-state index in [9.17, 15) is 4.79 Å². The third kappa shape index (κ3) is 2.22. The molecule has 0 radical (unpaired) electrons. The Morgan fingerprint density at radius 3 is 2.62 bits per heavy atom. The van der Waals surface area contributed by atoms with Gasteiger partial charge in [-0.05, 0) is 31.5 Å². The quantitative estimate of drug-likeness (QED) is 0.450. The molecule has 0 saturated carbocycles. The van der Waals surface area contributed by atoms with Gasteiger partial charge in [0.2, 0.25) is 0 Å². The number of carbonyl (C=O) groups excluding carboxylic acids is 1. The summed E-state index contributed by atoms with van der Waals surface area (Å²) in [6.07, 6.45) is 0. The summed E-state index contributed by atoms with van der Waals surface area (Å²) in [7, 11) is 0. The molecule has 1 rings (SSSR count). The smallest absolute Gasteiger partial charge is 0.182 e. The van der Waals surface area contributed by atoms with Crippen molar-refractivity contribution in [3.8, 4) is 0 Å². The van der Waals surface area contributed by atoms with Crippen molar-refractivity contribution in [2.75, 3.05) is 5.73 Å². The van der Waals surface area contributed by atoms with Crippen LogP contribution >= 0.6 is 11.6 Å². The van der Waals surface area contributed by atoms with Crippen molar-refractivity contribution in [1.82, 2.24) is 0 Å². The molecule has 1 atom stereocenters. The monoisotopic (exact) mass is 197 g/mol. The first-order valence-corrected chi connectivity index (χ1v) is 4.50. The van der Waals surface area contributed by atoms with E-state index in [1.165, 1.54) is 0 Å². The van der Waals surface area contributed by atoms with Gasteiger partial charge in [-0.25, -0.2) is 0 Å². The minimum absolute atomic E-state index is 0.126. The molecular formula is C10H12ClNO. The second-order valence-corrected chi connectivity index (χ2v) is 3.73. The fourth-order valence-corrected chi connectivity index (χ4v) is 1.24. The van der Waals surface area contributed by atoms with Crippen molar-refractivity contribution in [3.05, 3.63) is 29.3 Å². The maximum atomic E-state index is 11.5. The molecule has 13 heavy (non-hydrogen) atoms.